The Labute approximate surface area is 106 Å². The van der Waals surface area contributed by atoms with Gasteiger partial charge in [-0.05, 0) is 37.1 Å². The molecule has 1 heterocycles. The molecule has 1 aliphatic rings. The number of aliphatic hydroxyl groups is 1. The predicted octanol–water partition coefficient (Wildman–Crippen LogP) is 0.704. The van der Waals surface area contributed by atoms with Gasteiger partial charge in [0.25, 0.3) is 0 Å². The maximum atomic E-state index is 12.3. The third kappa shape index (κ3) is 2.25. The Kier molecular flexibility index (Phi) is 3.66. The molecule has 18 heavy (non-hydrogen) atoms. The third-order valence-electron chi connectivity index (χ3n) is 3.12. The highest BCUT2D eigenvalue weighted by Crippen LogP contribution is 2.25. The highest BCUT2D eigenvalue weighted by Gasteiger charge is 2.34. The fraction of sp³-hybridized carbons (Fsp3) is 0.417. The molecule has 1 aromatic rings. The number of rotatable bonds is 3. The average Bonchev–Trinajstić information content (AvgIpc) is 2.88. The first-order valence-corrected chi connectivity index (χ1v) is 7.16. The van der Waals surface area contributed by atoms with E-state index in [1.807, 2.05) is 6.07 Å². The molecule has 0 spiro atoms. The van der Waals surface area contributed by atoms with Crippen molar-refractivity contribution in [3.8, 4) is 6.07 Å². The second-order valence-corrected chi connectivity index (χ2v) is 6.12. The Bertz CT molecular complexity index is 560. The van der Waals surface area contributed by atoms with Crippen LogP contribution in [0.25, 0.3) is 0 Å². The highest BCUT2D eigenvalue weighted by atomic mass is 32.2. The second kappa shape index (κ2) is 5.06. The SMILES string of the molecule is N#Cc1ccc(S(=O)(=O)N2CCC[C@@H]2CO)cc1. The maximum absolute atomic E-state index is 12.3. The molecule has 1 atom stereocenters. The van der Waals surface area contributed by atoms with Crippen LogP contribution in [0.1, 0.15) is 18.4 Å². The second-order valence-electron chi connectivity index (χ2n) is 4.23. The Morgan fingerprint density at radius 1 is 1.39 bits per heavy atom. The molecule has 0 amide bonds. The average molecular weight is 266 g/mol. The van der Waals surface area contributed by atoms with Crippen molar-refractivity contribution in [2.45, 2.75) is 23.8 Å². The molecule has 0 bridgehead atoms. The number of sulfonamides is 1. The lowest BCUT2D eigenvalue weighted by molar-refractivity contribution is 0.213. The van der Waals surface area contributed by atoms with E-state index >= 15 is 0 Å². The van der Waals surface area contributed by atoms with Gasteiger partial charge in [-0.25, -0.2) is 8.42 Å². The van der Waals surface area contributed by atoms with Crippen molar-refractivity contribution < 1.29 is 13.5 Å². The fourth-order valence-electron chi connectivity index (χ4n) is 2.14. The monoisotopic (exact) mass is 266 g/mol. The van der Waals surface area contributed by atoms with E-state index in [9.17, 15) is 13.5 Å². The van der Waals surface area contributed by atoms with Crippen molar-refractivity contribution >= 4 is 10.0 Å². The van der Waals surface area contributed by atoms with Crippen LogP contribution in [-0.4, -0.2) is 37.0 Å². The van der Waals surface area contributed by atoms with Gasteiger partial charge in [0.05, 0.1) is 23.1 Å². The van der Waals surface area contributed by atoms with Crippen molar-refractivity contribution in [3.05, 3.63) is 29.8 Å². The molecule has 1 aliphatic heterocycles. The molecule has 96 valence electrons. The third-order valence-corrected chi connectivity index (χ3v) is 5.09. The summed E-state index contributed by atoms with van der Waals surface area (Å²) in [6, 6.07) is 7.45. The topological polar surface area (TPSA) is 81.4 Å². The van der Waals surface area contributed by atoms with Crippen LogP contribution >= 0.6 is 0 Å². The van der Waals surface area contributed by atoms with Crippen LogP contribution in [0, 0.1) is 11.3 Å². The molecule has 5 nitrogen and oxygen atoms in total. The zero-order chi connectivity index (χ0) is 13.2. The Morgan fingerprint density at radius 2 is 2.06 bits per heavy atom. The van der Waals surface area contributed by atoms with Crippen molar-refractivity contribution in [2.75, 3.05) is 13.2 Å². The first-order chi connectivity index (χ1) is 8.59. The number of nitrogens with zero attached hydrogens (tertiary/aromatic N) is 2. The molecule has 1 fully saturated rings. The van der Waals surface area contributed by atoms with E-state index in [1.165, 1.54) is 28.6 Å². The van der Waals surface area contributed by atoms with E-state index in [4.69, 9.17) is 5.26 Å². The zero-order valence-corrected chi connectivity index (χ0v) is 10.6. The maximum Gasteiger partial charge on any atom is 0.243 e. The molecule has 0 aromatic heterocycles. The van der Waals surface area contributed by atoms with Gasteiger partial charge in [-0.1, -0.05) is 0 Å². The van der Waals surface area contributed by atoms with Gasteiger partial charge in [0.1, 0.15) is 0 Å². The quantitative estimate of drug-likeness (QED) is 0.873. The number of benzene rings is 1. The molecule has 0 radical (unpaired) electrons. The molecular weight excluding hydrogens is 252 g/mol. The highest BCUT2D eigenvalue weighted by molar-refractivity contribution is 7.89. The molecule has 6 heteroatoms. The lowest BCUT2D eigenvalue weighted by Gasteiger charge is -2.22. The van der Waals surface area contributed by atoms with E-state index < -0.39 is 10.0 Å². The summed E-state index contributed by atoms with van der Waals surface area (Å²) in [5.74, 6) is 0. The summed E-state index contributed by atoms with van der Waals surface area (Å²) in [6.07, 6.45) is 1.45. The number of hydrogen-bond acceptors (Lipinski definition) is 4. The van der Waals surface area contributed by atoms with E-state index in [0.29, 0.717) is 18.5 Å². The van der Waals surface area contributed by atoms with Crippen molar-refractivity contribution in [2.24, 2.45) is 0 Å². The summed E-state index contributed by atoms with van der Waals surface area (Å²) in [7, 11) is -3.56. The van der Waals surface area contributed by atoms with Crippen LogP contribution in [0.3, 0.4) is 0 Å². The van der Waals surface area contributed by atoms with Gasteiger partial charge >= 0.3 is 0 Å². The van der Waals surface area contributed by atoms with Crippen LogP contribution in [0.2, 0.25) is 0 Å². The zero-order valence-electron chi connectivity index (χ0n) is 9.78. The molecule has 0 unspecified atom stereocenters. The summed E-state index contributed by atoms with van der Waals surface area (Å²) in [4.78, 5) is 0.168. The minimum Gasteiger partial charge on any atom is -0.395 e. The molecule has 2 rings (SSSR count). The fourth-order valence-corrected chi connectivity index (χ4v) is 3.83. The van der Waals surface area contributed by atoms with Gasteiger partial charge in [-0.3, -0.25) is 0 Å². The standard InChI is InChI=1S/C12H14N2O3S/c13-8-10-3-5-12(6-4-10)18(16,17)14-7-1-2-11(14)9-15/h3-6,11,15H,1-2,7,9H2/t11-/m1/s1. The molecule has 1 N–H and O–H groups in total. The van der Waals surface area contributed by atoms with Crippen LogP contribution in [0.4, 0.5) is 0 Å². The Hall–Kier alpha value is -1.42. The van der Waals surface area contributed by atoms with Gasteiger partial charge in [0.2, 0.25) is 10.0 Å². The van der Waals surface area contributed by atoms with E-state index in [-0.39, 0.29) is 17.5 Å². The minimum atomic E-state index is -3.56. The summed E-state index contributed by atoms with van der Waals surface area (Å²) < 4.78 is 26.0. The van der Waals surface area contributed by atoms with Crippen molar-refractivity contribution in [1.82, 2.24) is 4.31 Å². The van der Waals surface area contributed by atoms with Crippen molar-refractivity contribution in [3.63, 3.8) is 0 Å². The largest absolute Gasteiger partial charge is 0.395 e. The van der Waals surface area contributed by atoms with Gasteiger partial charge in [0, 0.05) is 12.6 Å². The van der Waals surface area contributed by atoms with Gasteiger partial charge < -0.3 is 5.11 Å². The van der Waals surface area contributed by atoms with Gasteiger partial charge in [-0.15, -0.1) is 0 Å². The number of nitriles is 1. The molecule has 0 saturated carbocycles. The number of aliphatic hydroxyl groups excluding tert-OH is 1. The predicted molar refractivity (Wildman–Crippen MR) is 65.2 cm³/mol. The summed E-state index contributed by atoms with van der Waals surface area (Å²) in [5, 5.41) is 17.9. The summed E-state index contributed by atoms with van der Waals surface area (Å²) >= 11 is 0. The molecule has 1 aromatic carbocycles. The molecular formula is C12H14N2O3S. The smallest absolute Gasteiger partial charge is 0.243 e. The minimum absolute atomic E-state index is 0.157. The normalized spacial score (nSPS) is 20.8. The molecule has 1 saturated heterocycles. The lowest BCUT2D eigenvalue weighted by Crippen LogP contribution is -2.37. The number of hydrogen-bond donors (Lipinski definition) is 1. The first-order valence-electron chi connectivity index (χ1n) is 5.72. The summed E-state index contributed by atoms with van der Waals surface area (Å²) in [6.45, 7) is 0.281. The van der Waals surface area contributed by atoms with E-state index in [1.54, 1.807) is 0 Å². The first kappa shape index (κ1) is 13.0. The lowest BCUT2D eigenvalue weighted by atomic mass is 10.2. The Balaban J connectivity index is 2.33. The van der Waals surface area contributed by atoms with Crippen LogP contribution in [0.5, 0.6) is 0 Å². The van der Waals surface area contributed by atoms with Crippen molar-refractivity contribution in [1.29, 1.82) is 5.26 Å². The summed E-state index contributed by atoms with van der Waals surface area (Å²) in [5.41, 5.74) is 0.425. The van der Waals surface area contributed by atoms with E-state index in [0.717, 1.165) is 6.42 Å². The van der Waals surface area contributed by atoms with Gasteiger partial charge in [0.15, 0.2) is 0 Å². The van der Waals surface area contributed by atoms with E-state index in [2.05, 4.69) is 0 Å². The van der Waals surface area contributed by atoms with Crippen LogP contribution in [-0.2, 0) is 10.0 Å². The molecule has 0 aliphatic carbocycles. The van der Waals surface area contributed by atoms with Gasteiger partial charge in [-0.2, -0.15) is 9.57 Å². The van der Waals surface area contributed by atoms with Crippen LogP contribution < -0.4 is 0 Å². The Morgan fingerprint density at radius 3 is 2.61 bits per heavy atom. The van der Waals surface area contributed by atoms with Crippen LogP contribution in [0.15, 0.2) is 29.2 Å².